The largest absolute Gasteiger partial charge is 0.396 e. The predicted octanol–water partition coefficient (Wildman–Crippen LogP) is 3.37. The lowest BCUT2D eigenvalue weighted by atomic mass is 9.83. The molecular weight excluding hydrogens is 184 g/mol. The smallest absolute Gasteiger partial charge is 0.0485 e. The van der Waals surface area contributed by atoms with Crippen LogP contribution >= 0.6 is 0 Å². The van der Waals surface area contributed by atoms with Gasteiger partial charge in [-0.3, -0.25) is 0 Å². The van der Waals surface area contributed by atoms with Crippen molar-refractivity contribution in [1.29, 1.82) is 0 Å². The summed E-state index contributed by atoms with van der Waals surface area (Å²) in [6.45, 7) is 8.86. The van der Waals surface area contributed by atoms with Gasteiger partial charge < -0.3 is 5.11 Å². The van der Waals surface area contributed by atoms with Crippen molar-refractivity contribution in [2.45, 2.75) is 40.0 Å². The van der Waals surface area contributed by atoms with Crippen molar-refractivity contribution in [2.24, 2.45) is 5.41 Å². The lowest BCUT2D eigenvalue weighted by molar-refractivity contribution is 0.159. The first-order chi connectivity index (χ1) is 6.96. The van der Waals surface area contributed by atoms with Crippen molar-refractivity contribution in [3.63, 3.8) is 0 Å². The number of aliphatic hydroxyl groups is 1. The Labute approximate surface area is 93.1 Å². The van der Waals surface area contributed by atoms with Crippen molar-refractivity contribution in [3.8, 4) is 0 Å². The van der Waals surface area contributed by atoms with E-state index in [4.69, 9.17) is 0 Å². The molecule has 1 N–H and O–H groups in total. The van der Waals surface area contributed by atoms with E-state index in [1.807, 2.05) is 0 Å². The fourth-order valence-corrected chi connectivity index (χ4v) is 1.83. The minimum absolute atomic E-state index is 0.0228. The van der Waals surface area contributed by atoms with Gasteiger partial charge in [0.15, 0.2) is 0 Å². The molecule has 0 amide bonds. The van der Waals surface area contributed by atoms with E-state index in [-0.39, 0.29) is 12.0 Å². The summed E-state index contributed by atoms with van der Waals surface area (Å²) in [5, 5.41) is 9.28. The standard InChI is InChI=1S/C14H22O/c1-11(2)13-8-6-5-7-12(13)9-14(3,4)10-15/h5-8,11,15H,9-10H2,1-4H3. The highest BCUT2D eigenvalue weighted by molar-refractivity contribution is 5.30. The third-order valence-electron chi connectivity index (χ3n) is 2.77. The van der Waals surface area contributed by atoms with Crippen LogP contribution in [-0.4, -0.2) is 11.7 Å². The molecule has 0 bridgehead atoms. The molecule has 0 aliphatic heterocycles. The van der Waals surface area contributed by atoms with Crippen LogP contribution in [0.4, 0.5) is 0 Å². The van der Waals surface area contributed by atoms with Crippen LogP contribution in [0.5, 0.6) is 0 Å². The van der Waals surface area contributed by atoms with Gasteiger partial charge >= 0.3 is 0 Å². The van der Waals surface area contributed by atoms with Crippen LogP contribution in [-0.2, 0) is 6.42 Å². The van der Waals surface area contributed by atoms with Crippen LogP contribution < -0.4 is 0 Å². The van der Waals surface area contributed by atoms with Gasteiger partial charge in [-0.1, -0.05) is 52.0 Å². The number of hydrogen-bond donors (Lipinski definition) is 1. The molecule has 1 nitrogen and oxygen atoms in total. The number of aliphatic hydroxyl groups excluding tert-OH is 1. The molecule has 0 aliphatic rings. The Morgan fingerprint density at radius 3 is 2.33 bits per heavy atom. The first kappa shape index (κ1) is 12.3. The monoisotopic (exact) mass is 206 g/mol. The molecule has 15 heavy (non-hydrogen) atoms. The molecule has 0 fully saturated rings. The quantitative estimate of drug-likeness (QED) is 0.800. The summed E-state index contributed by atoms with van der Waals surface area (Å²) < 4.78 is 0. The molecule has 1 aromatic carbocycles. The summed E-state index contributed by atoms with van der Waals surface area (Å²) in [4.78, 5) is 0. The Balaban J connectivity index is 2.94. The molecule has 0 saturated carbocycles. The van der Waals surface area contributed by atoms with E-state index in [1.54, 1.807) is 0 Å². The zero-order chi connectivity index (χ0) is 11.5. The average Bonchev–Trinajstić information content (AvgIpc) is 2.18. The maximum absolute atomic E-state index is 9.28. The summed E-state index contributed by atoms with van der Waals surface area (Å²) in [5.41, 5.74) is 2.75. The Morgan fingerprint density at radius 2 is 1.80 bits per heavy atom. The van der Waals surface area contributed by atoms with Gasteiger partial charge in [-0.15, -0.1) is 0 Å². The van der Waals surface area contributed by atoms with Crippen molar-refractivity contribution in [1.82, 2.24) is 0 Å². The normalized spacial score (nSPS) is 12.1. The average molecular weight is 206 g/mol. The highest BCUT2D eigenvalue weighted by Crippen LogP contribution is 2.26. The highest BCUT2D eigenvalue weighted by Gasteiger charge is 2.19. The fourth-order valence-electron chi connectivity index (χ4n) is 1.83. The van der Waals surface area contributed by atoms with E-state index in [9.17, 15) is 5.11 Å². The van der Waals surface area contributed by atoms with Crippen molar-refractivity contribution < 1.29 is 5.11 Å². The minimum Gasteiger partial charge on any atom is -0.396 e. The molecule has 84 valence electrons. The summed E-state index contributed by atoms with van der Waals surface area (Å²) in [5.74, 6) is 0.552. The van der Waals surface area contributed by atoms with Gasteiger partial charge in [0.1, 0.15) is 0 Å². The van der Waals surface area contributed by atoms with Crippen LogP contribution in [0.25, 0.3) is 0 Å². The van der Waals surface area contributed by atoms with E-state index in [1.165, 1.54) is 11.1 Å². The van der Waals surface area contributed by atoms with Crippen LogP contribution in [0, 0.1) is 5.41 Å². The fraction of sp³-hybridized carbons (Fsp3) is 0.571. The zero-order valence-electron chi connectivity index (χ0n) is 10.2. The molecule has 0 aliphatic carbocycles. The second kappa shape index (κ2) is 4.80. The number of rotatable bonds is 4. The topological polar surface area (TPSA) is 20.2 Å². The second-order valence-electron chi connectivity index (χ2n) is 5.35. The van der Waals surface area contributed by atoms with E-state index < -0.39 is 0 Å². The summed E-state index contributed by atoms with van der Waals surface area (Å²) >= 11 is 0. The zero-order valence-corrected chi connectivity index (χ0v) is 10.2. The lowest BCUT2D eigenvalue weighted by Crippen LogP contribution is -2.20. The Kier molecular flexibility index (Phi) is 3.92. The molecule has 1 heteroatoms. The van der Waals surface area contributed by atoms with E-state index in [0.717, 1.165) is 6.42 Å². The van der Waals surface area contributed by atoms with E-state index >= 15 is 0 Å². The molecule has 0 spiro atoms. The Morgan fingerprint density at radius 1 is 1.20 bits per heavy atom. The molecule has 0 radical (unpaired) electrons. The van der Waals surface area contributed by atoms with E-state index in [0.29, 0.717) is 5.92 Å². The van der Waals surface area contributed by atoms with Crippen LogP contribution in [0.15, 0.2) is 24.3 Å². The van der Waals surface area contributed by atoms with Crippen molar-refractivity contribution in [2.75, 3.05) is 6.61 Å². The molecule has 1 aromatic rings. The van der Waals surface area contributed by atoms with Crippen LogP contribution in [0.2, 0.25) is 0 Å². The third kappa shape index (κ3) is 3.35. The van der Waals surface area contributed by atoms with Crippen molar-refractivity contribution >= 4 is 0 Å². The number of hydrogen-bond acceptors (Lipinski definition) is 1. The SMILES string of the molecule is CC(C)c1ccccc1CC(C)(C)CO. The van der Waals surface area contributed by atoms with Crippen molar-refractivity contribution in [3.05, 3.63) is 35.4 Å². The third-order valence-corrected chi connectivity index (χ3v) is 2.77. The molecule has 0 unspecified atom stereocenters. The molecule has 0 saturated heterocycles. The summed E-state index contributed by atoms with van der Waals surface area (Å²) in [6, 6.07) is 8.53. The molecular formula is C14H22O. The predicted molar refractivity (Wildman–Crippen MR) is 65.1 cm³/mol. The molecule has 0 atom stereocenters. The van der Waals surface area contributed by atoms with Gasteiger partial charge in [-0.2, -0.15) is 0 Å². The molecule has 1 rings (SSSR count). The van der Waals surface area contributed by atoms with Gasteiger partial charge in [-0.05, 0) is 28.9 Å². The Hall–Kier alpha value is -0.820. The van der Waals surface area contributed by atoms with Gasteiger partial charge in [0.25, 0.3) is 0 Å². The Bertz CT molecular complexity index is 313. The molecule has 0 aromatic heterocycles. The van der Waals surface area contributed by atoms with Crippen LogP contribution in [0.1, 0.15) is 44.7 Å². The summed E-state index contributed by atoms with van der Waals surface area (Å²) in [7, 11) is 0. The maximum atomic E-state index is 9.28. The van der Waals surface area contributed by atoms with Gasteiger partial charge in [0.2, 0.25) is 0 Å². The minimum atomic E-state index is -0.0228. The van der Waals surface area contributed by atoms with Gasteiger partial charge in [0.05, 0.1) is 0 Å². The lowest BCUT2D eigenvalue weighted by Gasteiger charge is -2.24. The maximum Gasteiger partial charge on any atom is 0.0485 e. The number of benzene rings is 1. The van der Waals surface area contributed by atoms with Gasteiger partial charge in [-0.25, -0.2) is 0 Å². The summed E-state index contributed by atoms with van der Waals surface area (Å²) in [6.07, 6.45) is 0.942. The first-order valence-corrected chi connectivity index (χ1v) is 5.65. The molecule has 0 heterocycles. The first-order valence-electron chi connectivity index (χ1n) is 5.65. The van der Waals surface area contributed by atoms with Crippen LogP contribution in [0.3, 0.4) is 0 Å². The second-order valence-corrected chi connectivity index (χ2v) is 5.35. The highest BCUT2D eigenvalue weighted by atomic mass is 16.3. The van der Waals surface area contributed by atoms with Gasteiger partial charge in [0, 0.05) is 6.61 Å². The van der Waals surface area contributed by atoms with E-state index in [2.05, 4.69) is 52.0 Å².